The fraction of sp³-hybridized carbons (Fsp3) is 0.278. The molecule has 128 valence electrons. The van der Waals surface area contributed by atoms with Crippen molar-refractivity contribution < 1.29 is 14.0 Å². The summed E-state index contributed by atoms with van der Waals surface area (Å²) >= 11 is 0. The van der Waals surface area contributed by atoms with Crippen LogP contribution in [0, 0.1) is 18.2 Å². The SMILES string of the molecule is C#CC(=O)N(c1ccn(-c2ccc(F)cc2)n1)C1(C(N)=O)CCCC1. The number of carbonyl (C=O) groups is 2. The number of hydrogen-bond donors (Lipinski definition) is 1. The van der Waals surface area contributed by atoms with Gasteiger partial charge < -0.3 is 5.73 Å². The van der Waals surface area contributed by atoms with Gasteiger partial charge in [-0.1, -0.05) is 12.8 Å². The van der Waals surface area contributed by atoms with Gasteiger partial charge in [-0.05, 0) is 43.0 Å². The number of primary amides is 1. The first-order chi connectivity index (χ1) is 12.0. The van der Waals surface area contributed by atoms with Crippen LogP contribution in [0.15, 0.2) is 36.5 Å². The second kappa shape index (κ2) is 6.40. The number of carbonyl (C=O) groups excluding carboxylic acids is 2. The van der Waals surface area contributed by atoms with Gasteiger partial charge in [0.05, 0.1) is 5.69 Å². The molecule has 2 aromatic rings. The zero-order valence-corrected chi connectivity index (χ0v) is 13.5. The summed E-state index contributed by atoms with van der Waals surface area (Å²) in [5.74, 6) is 0.684. The maximum atomic E-state index is 13.1. The van der Waals surface area contributed by atoms with E-state index < -0.39 is 17.4 Å². The molecule has 0 unspecified atom stereocenters. The third-order valence-corrected chi connectivity index (χ3v) is 4.54. The van der Waals surface area contributed by atoms with Gasteiger partial charge in [-0.2, -0.15) is 0 Å². The first-order valence-electron chi connectivity index (χ1n) is 7.90. The first kappa shape index (κ1) is 16.7. The van der Waals surface area contributed by atoms with Gasteiger partial charge in [0.2, 0.25) is 5.91 Å². The van der Waals surface area contributed by atoms with Gasteiger partial charge in [-0.15, -0.1) is 11.5 Å². The van der Waals surface area contributed by atoms with E-state index in [1.54, 1.807) is 24.4 Å². The van der Waals surface area contributed by atoms with Crippen LogP contribution in [-0.4, -0.2) is 27.1 Å². The lowest BCUT2D eigenvalue weighted by molar-refractivity contribution is -0.126. The predicted octanol–water partition coefficient (Wildman–Crippen LogP) is 1.78. The molecule has 1 aliphatic carbocycles. The summed E-state index contributed by atoms with van der Waals surface area (Å²) in [6.07, 6.45) is 9.35. The minimum atomic E-state index is -1.16. The van der Waals surface area contributed by atoms with Crippen molar-refractivity contribution in [3.8, 4) is 18.0 Å². The van der Waals surface area contributed by atoms with Gasteiger partial charge in [0.1, 0.15) is 11.4 Å². The van der Waals surface area contributed by atoms with Gasteiger partial charge in [-0.3, -0.25) is 14.5 Å². The number of terminal acetylenes is 1. The quantitative estimate of drug-likeness (QED) is 0.862. The van der Waals surface area contributed by atoms with Crippen LogP contribution in [0.5, 0.6) is 0 Å². The standard InChI is InChI=1S/C18H17FN4O2/c1-2-16(24)23(18(17(20)25)10-3-4-11-18)15-9-12-22(21-15)14-7-5-13(19)6-8-14/h1,5-9,12H,3-4,10-11H2,(H2,20,25). The topological polar surface area (TPSA) is 81.2 Å². The number of nitrogens with two attached hydrogens (primary N) is 1. The Hall–Kier alpha value is -3.14. The van der Waals surface area contributed by atoms with Gasteiger partial charge >= 0.3 is 5.91 Å². The number of hydrogen-bond acceptors (Lipinski definition) is 3. The van der Waals surface area contributed by atoms with Gasteiger partial charge in [-0.25, -0.2) is 9.07 Å². The third-order valence-electron chi connectivity index (χ3n) is 4.54. The van der Waals surface area contributed by atoms with Crippen molar-refractivity contribution in [3.05, 3.63) is 42.3 Å². The Labute approximate surface area is 144 Å². The molecule has 2 N–H and O–H groups in total. The summed E-state index contributed by atoms with van der Waals surface area (Å²) in [5.41, 5.74) is 5.07. The fourth-order valence-electron chi connectivity index (χ4n) is 3.29. The van der Waals surface area contributed by atoms with Crippen LogP contribution in [0.4, 0.5) is 10.2 Å². The second-order valence-electron chi connectivity index (χ2n) is 5.98. The number of anilines is 1. The van der Waals surface area contributed by atoms with Crippen molar-refractivity contribution in [2.75, 3.05) is 4.90 Å². The molecule has 25 heavy (non-hydrogen) atoms. The first-order valence-corrected chi connectivity index (χ1v) is 7.90. The summed E-state index contributed by atoms with van der Waals surface area (Å²) < 4.78 is 14.6. The Bertz CT molecular complexity index is 845. The Morgan fingerprint density at radius 2 is 1.88 bits per heavy atom. The van der Waals surface area contributed by atoms with Crippen molar-refractivity contribution in [1.82, 2.24) is 9.78 Å². The average Bonchev–Trinajstić information content (AvgIpc) is 3.26. The largest absolute Gasteiger partial charge is 0.368 e. The lowest BCUT2D eigenvalue weighted by Gasteiger charge is -2.35. The monoisotopic (exact) mass is 340 g/mol. The van der Waals surface area contributed by atoms with E-state index in [-0.39, 0.29) is 11.6 Å². The Kier molecular flexibility index (Phi) is 4.28. The highest BCUT2D eigenvalue weighted by molar-refractivity contribution is 6.10. The molecule has 6 nitrogen and oxygen atoms in total. The molecular weight excluding hydrogens is 323 g/mol. The highest BCUT2D eigenvalue weighted by atomic mass is 19.1. The molecular formula is C18H17FN4O2. The van der Waals surface area contributed by atoms with Crippen molar-refractivity contribution >= 4 is 17.6 Å². The van der Waals surface area contributed by atoms with Crippen LogP contribution in [0.2, 0.25) is 0 Å². The number of benzene rings is 1. The number of amides is 2. The van der Waals surface area contributed by atoms with E-state index in [0.29, 0.717) is 18.5 Å². The van der Waals surface area contributed by atoms with Crippen molar-refractivity contribution in [3.63, 3.8) is 0 Å². The van der Waals surface area contributed by atoms with Crippen LogP contribution in [0.25, 0.3) is 5.69 Å². The zero-order valence-electron chi connectivity index (χ0n) is 13.5. The Morgan fingerprint density at radius 3 is 2.44 bits per heavy atom. The summed E-state index contributed by atoms with van der Waals surface area (Å²) in [6, 6.07) is 7.31. The third kappa shape index (κ3) is 2.87. The lowest BCUT2D eigenvalue weighted by atomic mass is 9.93. The molecule has 1 heterocycles. The van der Waals surface area contributed by atoms with E-state index >= 15 is 0 Å². The molecule has 1 aliphatic rings. The van der Waals surface area contributed by atoms with Crippen LogP contribution in [0.1, 0.15) is 25.7 Å². The minimum absolute atomic E-state index is 0.243. The predicted molar refractivity (Wildman–Crippen MR) is 90.2 cm³/mol. The number of halogens is 1. The molecule has 2 amide bonds. The van der Waals surface area contributed by atoms with Gasteiger partial charge in [0.25, 0.3) is 0 Å². The summed E-state index contributed by atoms with van der Waals surface area (Å²) in [5, 5.41) is 4.35. The van der Waals surface area contributed by atoms with E-state index in [0.717, 1.165) is 12.8 Å². The zero-order chi connectivity index (χ0) is 18.0. The van der Waals surface area contributed by atoms with Gasteiger partial charge in [0, 0.05) is 12.3 Å². The molecule has 0 atom stereocenters. The van der Waals surface area contributed by atoms with E-state index in [1.165, 1.54) is 21.7 Å². The lowest BCUT2D eigenvalue weighted by Crippen LogP contribution is -2.58. The second-order valence-corrected chi connectivity index (χ2v) is 5.98. The maximum absolute atomic E-state index is 13.1. The van der Waals surface area contributed by atoms with Crippen LogP contribution in [-0.2, 0) is 9.59 Å². The van der Waals surface area contributed by atoms with Crippen molar-refractivity contribution in [1.29, 1.82) is 0 Å². The summed E-state index contributed by atoms with van der Waals surface area (Å²) in [6.45, 7) is 0. The summed E-state index contributed by atoms with van der Waals surface area (Å²) in [4.78, 5) is 25.8. The number of rotatable bonds is 4. The molecule has 1 aromatic heterocycles. The van der Waals surface area contributed by atoms with Crippen LogP contribution >= 0.6 is 0 Å². The van der Waals surface area contributed by atoms with E-state index in [1.807, 2.05) is 0 Å². The highest BCUT2D eigenvalue weighted by Gasteiger charge is 2.48. The molecule has 1 aromatic carbocycles. The molecule has 0 saturated heterocycles. The number of aromatic nitrogens is 2. The van der Waals surface area contributed by atoms with E-state index in [2.05, 4.69) is 11.0 Å². The molecule has 0 bridgehead atoms. The molecule has 0 spiro atoms. The molecule has 0 radical (unpaired) electrons. The molecule has 1 fully saturated rings. The van der Waals surface area contributed by atoms with E-state index in [4.69, 9.17) is 12.2 Å². The minimum Gasteiger partial charge on any atom is -0.368 e. The normalized spacial score (nSPS) is 15.5. The average molecular weight is 340 g/mol. The summed E-state index contributed by atoms with van der Waals surface area (Å²) in [7, 11) is 0. The van der Waals surface area contributed by atoms with E-state index in [9.17, 15) is 14.0 Å². The molecule has 7 heteroatoms. The highest BCUT2D eigenvalue weighted by Crippen LogP contribution is 2.37. The van der Waals surface area contributed by atoms with Crippen molar-refractivity contribution in [2.45, 2.75) is 31.2 Å². The number of nitrogens with zero attached hydrogens (tertiary/aromatic N) is 3. The van der Waals surface area contributed by atoms with Crippen molar-refractivity contribution in [2.24, 2.45) is 5.73 Å². The van der Waals surface area contributed by atoms with Crippen LogP contribution < -0.4 is 10.6 Å². The molecule has 3 rings (SSSR count). The van der Waals surface area contributed by atoms with Crippen LogP contribution in [0.3, 0.4) is 0 Å². The molecule has 1 saturated carbocycles. The molecule has 0 aliphatic heterocycles. The maximum Gasteiger partial charge on any atom is 0.304 e. The Balaban J connectivity index is 2.04. The fourth-order valence-corrected chi connectivity index (χ4v) is 3.29. The Morgan fingerprint density at radius 1 is 1.24 bits per heavy atom. The smallest absolute Gasteiger partial charge is 0.304 e. The van der Waals surface area contributed by atoms with Gasteiger partial charge in [0.15, 0.2) is 5.82 Å².